The lowest BCUT2D eigenvalue weighted by molar-refractivity contribution is -0.122. The standard InChI is InChI=1S/C29H24BrNO5/c30-22-12-9-19(10-13-22)26(32)17-36-29(35)21-7-4-8-23(15-21)31-27(33)24-14-11-20(16-25(24)28(31)34)18-5-2-1-3-6-18/h1-10,12-13,15,20,24-25H,11,14,16-17H2/t20-,24+,25-/m0/s1. The highest BCUT2D eigenvalue weighted by Crippen LogP contribution is 2.45. The van der Waals surface area contributed by atoms with Gasteiger partial charge in [0, 0.05) is 10.0 Å². The molecule has 36 heavy (non-hydrogen) atoms. The summed E-state index contributed by atoms with van der Waals surface area (Å²) in [5, 5.41) is 0. The first-order chi connectivity index (χ1) is 17.4. The summed E-state index contributed by atoms with van der Waals surface area (Å²) in [6.45, 7) is -0.405. The number of rotatable bonds is 6. The third kappa shape index (κ3) is 4.75. The topological polar surface area (TPSA) is 80.8 Å². The molecule has 1 saturated carbocycles. The zero-order chi connectivity index (χ0) is 25.2. The quantitative estimate of drug-likeness (QED) is 0.230. The molecule has 3 atom stereocenters. The van der Waals surface area contributed by atoms with Gasteiger partial charge in [-0.1, -0.05) is 64.5 Å². The minimum absolute atomic E-state index is 0.175. The molecule has 2 aliphatic rings. The minimum atomic E-state index is -0.692. The molecule has 1 saturated heterocycles. The van der Waals surface area contributed by atoms with Crippen LogP contribution in [0.1, 0.15) is 51.5 Å². The zero-order valence-corrected chi connectivity index (χ0v) is 21.0. The first kappa shape index (κ1) is 24.1. The number of benzene rings is 3. The molecule has 0 N–H and O–H groups in total. The Hall–Kier alpha value is -3.58. The molecule has 3 aromatic carbocycles. The molecule has 0 radical (unpaired) electrons. The summed E-state index contributed by atoms with van der Waals surface area (Å²) < 4.78 is 6.06. The number of anilines is 1. The van der Waals surface area contributed by atoms with Gasteiger partial charge < -0.3 is 4.74 Å². The number of hydrogen-bond acceptors (Lipinski definition) is 5. The van der Waals surface area contributed by atoms with Crippen LogP contribution < -0.4 is 4.90 Å². The Morgan fingerprint density at radius 2 is 1.56 bits per heavy atom. The third-order valence-electron chi connectivity index (χ3n) is 7.04. The lowest BCUT2D eigenvalue weighted by Gasteiger charge is -2.28. The van der Waals surface area contributed by atoms with Crippen LogP contribution in [0.3, 0.4) is 0 Å². The van der Waals surface area contributed by atoms with E-state index in [2.05, 4.69) is 28.1 Å². The van der Waals surface area contributed by atoms with Crippen LogP contribution >= 0.6 is 15.9 Å². The number of halogens is 1. The van der Waals surface area contributed by atoms with Crippen LogP contribution in [-0.4, -0.2) is 30.2 Å². The fraction of sp³-hybridized carbons (Fsp3) is 0.241. The van der Waals surface area contributed by atoms with Crippen LogP contribution in [0.5, 0.6) is 0 Å². The zero-order valence-electron chi connectivity index (χ0n) is 19.4. The fourth-order valence-corrected chi connectivity index (χ4v) is 5.43. The number of amides is 2. The number of ketones is 1. The highest BCUT2D eigenvalue weighted by Gasteiger charge is 2.50. The lowest BCUT2D eigenvalue weighted by Crippen LogP contribution is -2.31. The molecule has 0 bridgehead atoms. The van der Waals surface area contributed by atoms with E-state index in [1.807, 2.05) is 18.2 Å². The first-order valence-electron chi connectivity index (χ1n) is 11.9. The van der Waals surface area contributed by atoms with E-state index in [0.29, 0.717) is 24.1 Å². The molecular weight excluding hydrogens is 522 g/mol. The molecule has 2 amide bonds. The number of esters is 1. The van der Waals surface area contributed by atoms with Crippen molar-refractivity contribution < 1.29 is 23.9 Å². The second-order valence-electron chi connectivity index (χ2n) is 9.20. The molecule has 1 aliphatic heterocycles. The van der Waals surface area contributed by atoms with Gasteiger partial charge in [-0.15, -0.1) is 0 Å². The summed E-state index contributed by atoms with van der Waals surface area (Å²) >= 11 is 3.32. The molecule has 1 heterocycles. The molecule has 2 fully saturated rings. The van der Waals surface area contributed by atoms with E-state index in [1.54, 1.807) is 42.5 Å². The Morgan fingerprint density at radius 3 is 2.31 bits per heavy atom. The van der Waals surface area contributed by atoms with E-state index in [9.17, 15) is 19.2 Å². The van der Waals surface area contributed by atoms with Crippen molar-refractivity contribution in [3.63, 3.8) is 0 Å². The molecule has 182 valence electrons. The number of nitrogens with zero attached hydrogens (tertiary/aromatic N) is 1. The monoisotopic (exact) mass is 545 g/mol. The molecule has 1 aliphatic carbocycles. The number of Topliss-reactive ketones (excluding diaryl/α,β-unsaturated/α-hetero) is 1. The highest BCUT2D eigenvalue weighted by atomic mass is 79.9. The summed E-state index contributed by atoms with van der Waals surface area (Å²) in [5.74, 6) is -1.91. The van der Waals surface area contributed by atoms with Gasteiger partial charge in [-0.05, 0) is 61.1 Å². The van der Waals surface area contributed by atoms with E-state index in [1.165, 1.54) is 16.5 Å². The predicted molar refractivity (Wildman–Crippen MR) is 138 cm³/mol. The van der Waals surface area contributed by atoms with Crippen molar-refractivity contribution in [2.24, 2.45) is 11.8 Å². The Kier molecular flexibility index (Phi) is 6.83. The Bertz CT molecular complexity index is 1320. The maximum Gasteiger partial charge on any atom is 0.338 e. The van der Waals surface area contributed by atoms with Crippen molar-refractivity contribution in [2.45, 2.75) is 25.2 Å². The van der Waals surface area contributed by atoms with Gasteiger partial charge in [0.2, 0.25) is 11.8 Å². The molecule has 7 heteroatoms. The van der Waals surface area contributed by atoms with E-state index in [4.69, 9.17) is 4.74 Å². The van der Waals surface area contributed by atoms with Crippen molar-refractivity contribution >= 4 is 45.2 Å². The average Bonchev–Trinajstić information content (AvgIpc) is 3.17. The van der Waals surface area contributed by atoms with Gasteiger partial charge in [0.15, 0.2) is 12.4 Å². The van der Waals surface area contributed by atoms with Gasteiger partial charge in [0.1, 0.15) is 0 Å². The minimum Gasteiger partial charge on any atom is -0.454 e. The Labute approximate surface area is 217 Å². The van der Waals surface area contributed by atoms with Crippen LogP contribution in [0.15, 0.2) is 83.3 Å². The van der Waals surface area contributed by atoms with Crippen molar-refractivity contribution in [3.8, 4) is 0 Å². The smallest absolute Gasteiger partial charge is 0.338 e. The number of ether oxygens (including phenoxy) is 1. The van der Waals surface area contributed by atoms with Crippen LogP contribution in [0.25, 0.3) is 0 Å². The van der Waals surface area contributed by atoms with Crippen LogP contribution in [0.2, 0.25) is 0 Å². The van der Waals surface area contributed by atoms with E-state index in [0.717, 1.165) is 10.9 Å². The molecule has 3 aromatic rings. The number of fused-ring (bicyclic) bond motifs is 1. The van der Waals surface area contributed by atoms with Crippen molar-refractivity contribution in [1.82, 2.24) is 0 Å². The van der Waals surface area contributed by atoms with Crippen molar-refractivity contribution in [3.05, 3.63) is 100 Å². The molecule has 0 unspecified atom stereocenters. The second kappa shape index (κ2) is 10.2. The number of carbonyl (C=O) groups excluding carboxylic acids is 4. The van der Waals surface area contributed by atoms with Gasteiger partial charge >= 0.3 is 5.97 Å². The normalized spacial score (nSPS) is 21.2. The largest absolute Gasteiger partial charge is 0.454 e. The highest BCUT2D eigenvalue weighted by molar-refractivity contribution is 9.10. The van der Waals surface area contributed by atoms with Crippen molar-refractivity contribution in [2.75, 3.05) is 11.5 Å². The summed E-state index contributed by atoms with van der Waals surface area (Å²) in [7, 11) is 0. The molecule has 5 rings (SSSR count). The van der Waals surface area contributed by atoms with Gasteiger partial charge in [-0.25, -0.2) is 4.79 Å². The summed E-state index contributed by atoms with van der Waals surface area (Å²) in [4.78, 5) is 52.8. The van der Waals surface area contributed by atoms with Crippen LogP contribution in [0, 0.1) is 11.8 Å². The van der Waals surface area contributed by atoms with Gasteiger partial charge in [-0.2, -0.15) is 0 Å². The molecular formula is C29H24BrNO5. The lowest BCUT2D eigenvalue weighted by atomic mass is 9.73. The number of hydrogen-bond donors (Lipinski definition) is 0. The van der Waals surface area contributed by atoms with Crippen molar-refractivity contribution in [1.29, 1.82) is 0 Å². The van der Waals surface area contributed by atoms with Gasteiger partial charge in [0.05, 0.1) is 23.1 Å². The maximum absolute atomic E-state index is 13.3. The van der Waals surface area contributed by atoms with E-state index >= 15 is 0 Å². The predicted octanol–water partition coefficient (Wildman–Crippen LogP) is 5.56. The second-order valence-corrected chi connectivity index (χ2v) is 10.1. The average molecular weight is 546 g/mol. The number of imide groups is 1. The molecule has 6 nitrogen and oxygen atoms in total. The van der Waals surface area contributed by atoms with Crippen LogP contribution in [0.4, 0.5) is 5.69 Å². The SMILES string of the molecule is O=C(COC(=O)c1cccc(N2C(=O)[C@H]3C[C@@H](c4ccccc4)CC[C@H]3C2=O)c1)c1ccc(Br)cc1. The van der Waals surface area contributed by atoms with E-state index in [-0.39, 0.29) is 40.9 Å². The first-order valence-corrected chi connectivity index (χ1v) is 12.7. The maximum atomic E-state index is 13.3. The third-order valence-corrected chi connectivity index (χ3v) is 7.57. The molecule has 0 aromatic heterocycles. The van der Waals surface area contributed by atoms with Gasteiger partial charge in [-0.3, -0.25) is 19.3 Å². The van der Waals surface area contributed by atoms with Gasteiger partial charge in [0.25, 0.3) is 0 Å². The fourth-order valence-electron chi connectivity index (χ4n) is 5.17. The summed E-state index contributed by atoms with van der Waals surface area (Å²) in [6.07, 6.45) is 2.15. The Balaban J connectivity index is 1.28. The summed E-state index contributed by atoms with van der Waals surface area (Å²) in [6, 6.07) is 23.1. The summed E-state index contributed by atoms with van der Waals surface area (Å²) in [5.41, 5.74) is 2.15. The number of carbonyl (C=O) groups is 4. The Morgan fingerprint density at radius 1 is 0.833 bits per heavy atom. The molecule has 0 spiro atoms. The van der Waals surface area contributed by atoms with E-state index < -0.39 is 12.6 Å². The van der Waals surface area contributed by atoms with Crippen LogP contribution in [-0.2, 0) is 14.3 Å².